The summed E-state index contributed by atoms with van der Waals surface area (Å²) in [4.78, 5) is 3.37. The summed E-state index contributed by atoms with van der Waals surface area (Å²) in [5.41, 5.74) is 15.2. The Kier molecular flexibility index (Phi) is 18.6. The van der Waals surface area contributed by atoms with E-state index in [9.17, 15) is 10.6 Å². The number of rotatable bonds is 22. The lowest BCUT2D eigenvalue weighted by atomic mass is 9.83. The molecule has 15 heteroatoms. The van der Waals surface area contributed by atoms with Crippen LogP contribution in [0.4, 0.5) is 0 Å². The summed E-state index contributed by atoms with van der Waals surface area (Å²) < 4.78 is 75.8. The van der Waals surface area contributed by atoms with E-state index in [1.54, 1.807) is 0 Å². The average molecular weight is 1010 g/mol. The number of aliphatic hydroxyl groups is 1. The third kappa shape index (κ3) is 13.3. The van der Waals surface area contributed by atoms with Gasteiger partial charge in [-0.05, 0) is 64.9 Å². The minimum Gasteiger partial charge on any atom is -0.394 e. The lowest BCUT2D eigenvalue weighted by Gasteiger charge is -2.51. The molecule has 3 saturated heterocycles. The quantitative estimate of drug-likeness (QED) is 0.0396. The van der Waals surface area contributed by atoms with Crippen molar-refractivity contribution in [3.05, 3.63) is 190 Å². The van der Waals surface area contributed by atoms with E-state index in [-0.39, 0.29) is 44.9 Å². The van der Waals surface area contributed by atoms with Gasteiger partial charge in [0.05, 0.1) is 64.5 Å². The van der Waals surface area contributed by atoms with Crippen molar-refractivity contribution >= 4 is 0 Å². The van der Waals surface area contributed by atoms with Gasteiger partial charge in [-0.2, -0.15) is 0 Å². The topological polar surface area (TPSA) is 171 Å². The Balaban J connectivity index is 1.06. The molecule has 0 bridgehead atoms. The fourth-order valence-corrected chi connectivity index (χ4v) is 10.6. The van der Waals surface area contributed by atoms with Crippen LogP contribution in [-0.2, 0) is 85.1 Å². The molecule has 0 spiro atoms. The molecule has 15 nitrogen and oxygen atoms in total. The first kappa shape index (κ1) is 53.7. The number of hydrogen-bond acceptors (Lipinski definition) is 13. The summed E-state index contributed by atoms with van der Waals surface area (Å²) in [6, 6.07) is 48.7. The summed E-state index contributed by atoms with van der Waals surface area (Å²) in [6.07, 6.45) is -9.44. The maximum Gasteiger partial charge on any atom is 0.184 e. The Morgan fingerprint density at radius 3 is 1.36 bits per heavy atom. The Morgan fingerprint density at radius 1 is 0.486 bits per heavy atom. The number of aliphatic hydroxyl groups excluding tert-OH is 1. The van der Waals surface area contributed by atoms with Gasteiger partial charge >= 0.3 is 0 Å². The molecule has 3 heterocycles. The molecular formula is C59H71N3O12. The molecule has 5 aromatic rings. The summed E-state index contributed by atoms with van der Waals surface area (Å²) in [5.74, 6) is -1.75. The molecule has 0 amide bonds. The van der Waals surface area contributed by atoms with Crippen LogP contribution in [0, 0.1) is 17.8 Å². The second-order valence-corrected chi connectivity index (χ2v) is 20.4. The van der Waals surface area contributed by atoms with Crippen molar-refractivity contribution in [2.75, 3.05) is 13.2 Å². The van der Waals surface area contributed by atoms with Crippen molar-refractivity contribution in [3.63, 3.8) is 0 Å². The van der Waals surface area contributed by atoms with Gasteiger partial charge in [-0.1, -0.05) is 178 Å². The molecule has 394 valence electrons. The minimum absolute atomic E-state index is 0.0497. The largest absolute Gasteiger partial charge is 0.394 e. The van der Waals surface area contributed by atoms with E-state index in [1.807, 2.05) is 172 Å². The van der Waals surface area contributed by atoms with Crippen LogP contribution in [0.5, 0.6) is 0 Å². The molecule has 74 heavy (non-hydrogen) atoms. The van der Waals surface area contributed by atoms with Crippen molar-refractivity contribution in [2.24, 2.45) is 22.9 Å². The van der Waals surface area contributed by atoms with Gasteiger partial charge in [-0.15, -0.1) is 0 Å². The minimum atomic E-state index is -1.18. The third-order valence-corrected chi connectivity index (χ3v) is 14.8. The van der Waals surface area contributed by atoms with E-state index in [4.69, 9.17) is 52.1 Å². The Morgan fingerprint density at radius 2 is 0.892 bits per heavy atom. The van der Waals surface area contributed by atoms with Crippen molar-refractivity contribution in [1.29, 1.82) is 0 Å². The number of ether oxygens (including phenoxy) is 11. The summed E-state index contributed by atoms with van der Waals surface area (Å²) in [7, 11) is 0. The lowest BCUT2D eigenvalue weighted by Crippen LogP contribution is -2.67. The molecule has 5 aromatic carbocycles. The predicted molar refractivity (Wildman–Crippen MR) is 275 cm³/mol. The van der Waals surface area contributed by atoms with Gasteiger partial charge in [0.25, 0.3) is 0 Å². The zero-order chi connectivity index (χ0) is 51.4. The Hall–Kier alpha value is -5.07. The van der Waals surface area contributed by atoms with E-state index in [1.165, 1.54) is 0 Å². The first-order chi connectivity index (χ1) is 36.1. The molecule has 0 radical (unpaired) electrons. The molecule has 3 aliphatic heterocycles. The van der Waals surface area contributed by atoms with E-state index < -0.39 is 91.4 Å². The first-order valence-electron chi connectivity index (χ1n) is 26.0. The maximum atomic E-state index is 10.6. The van der Waals surface area contributed by atoms with Crippen molar-refractivity contribution in [3.8, 4) is 0 Å². The number of azide groups is 1. The molecule has 1 saturated carbocycles. The highest BCUT2D eigenvalue weighted by atomic mass is 16.8. The van der Waals surface area contributed by atoms with E-state index in [0.717, 1.165) is 27.8 Å². The van der Waals surface area contributed by atoms with Gasteiger partial charge in [0.2, 0.25) is 0 Å². The van der Waals surface area contributed by atoms with Gasteiger partial charge in [-0.3, -0.25) is 0 Å². The molecule has 4 aliphatic rings. The molecule has 1 aliphatic carbocycles. The van der Waals surface area contributed by atoms with Gasteiger partial charge in [0.15, 0.2) is 18.4 Å². The molecular weight excluding hydrogens is 943 g/mol. The van der Waals surface area contributed by atoms with Crippen LogP contribution in [0.2, 0.25) is 0 Å². The van der Waals surface area contributed by atoms with Crippen molar-refractivity contribution in [1.82, 2.24) is 0 Å². The third-order valence-electron chi connectivity index (χ3n) is 14.8. The zero-order valence-electron chi connectivity index (χ0n) is 42.9. The van der Waals surface area contributed by atoms with Crippen molar-refractivity contribution < 1.29 is 57.2 Å². The van der Waals surface area contributed by atoms with Crippen LogP contribution >= 0.6 is 0 Å². The second kappa shape index (κ2) is 25.6. The van der Waals surface area contributed by atoms with Gasteiger partial charge in [0, 0.05) is 4.91 Å². The zero-order valence-corrected chi connectivity index (χ0v) is 42.9. The lowest BCUT2D eigenvalue weighted by molar-refractivity contribution is -0.349. The number of nitrogens with zero attached hydrogens (tertiary/aromatic N) is 3. The highest BCUT2D eigenvalue weighted by Crippen LogP contribution is 2.45. The molecule has 16 atom stereocenters. The summed E-state index contributed by atoms with van der Waals surface area (Å²) >= 11 is 0. The van der Waals surface area contributed by atoms with Crippen LogP contribution in [0.15, 0.2) is 157 Å². The molecule has 9 rings (SSSR count). The Bertz CT molecular complexity index is 2490. The number of benzene rings is 5. The van der Waals surface area contributed by atoms with Crippen LogP contribution in [0.1, 0.15) is 62.4 Å². The summed E-state index contributed by atoms with van der Waals surface area (Å²) in [6.45, 7) is 11.0. The van der Waals surface area contributed by atoms with Gasteiger partial charge in [-0.25, -0.2) is 0 Å². The maximum absolute atomic E-state index is 10.6. The fourth-order valence-electron chi connectivity index (χ4n) is 10.6. The van der Waals surface area contributed by atoms with Crippen LogP contribution in [0.3, 0.4) is 0 Å². The first-order valence-corrected chi connectivity index (χ1v) is 26.0. The van der Waals surface area contributed by atoms with Gasteiger partial charge < -0.3 is 57.2 Å². The number of fused-ring (bicyclic) bond motifs is 1. The second-order valence-electron chi connectivity index (χ2n) is 20.4. The monoisotopic (exact) mass is 1010 g/mol. The predicted octanol–water partition coefficient (Wildman–Crippen LogP) is 9.88. The Labute approximate surface area is 434 Å². The summed E-state index contributed by atoms with van der Waals surface area (Å²) in [5, 5.41) is 15.0. The van der Waals surface area contributed by atoms with Gasteiger partial charge in [0.1, 0.15) is 48.8 Å². The molecule has 4 fully saturated rings. The SMILES string of the molecule is C[C@@H]1C(CO)O[C@H](O[C@@H]2C(COCc3ccccc3)O[C@H](OC3C(OCc4ccccc4)C(OCc4ccccc4)C(OCc4ccccc4)[C@@H]4OC(C)(C)O[C@@H]34)C(N=[N+]=[N-])[C@H]2C)C(OCc2ccccc2)[C@H]1C. The molecule has 1 N–H and O–H groups in total. The van der Waals surface area contributed by atoms with Crippen LogP contribution in [0.25, 0.3) is 10.4 Å². The highest BCUT2D eigenvalue weighted by Gasteiger charge is 2.62. The van der Waals surface area contributed by atoms with E-state index in [2.05, 4.69) is 23.9 Å². The van der Waals surface area contributed by atoms with E-state index in [0.29, 0.717) is 13.2 Å². The molecule has 0 aromatic heterocycles. The van der Waals surface area contributed by atoms with Crippen molar-refractivity contribution in [2.45, 2.75) is 153 Å². The van der Waals surface area contributed by atoms with Crippen LogP contribution < -0.4 is 0 Å². The highest BCUT2D eigenvalue weighted by molar-refractivity contribution is 5.18. The average Bonchev–Trinajstić information content (AvgIpc) is 3.76. The van der Waals surface area contributed by atoms with Crippen LogP contribution in [-0.4, -0.2) is 104 Å². The number of hydrogen-bond donors (Lipinski definition) is 1. The normalized spacial score (nSPS) is 32.6. The standard InChI is InChI=1S/C59H71N3O12/c1-38-39(2)50(65-33-42-23-13-7-14-24-42)58(69-46(38)31-63)71-49-40(3)48(61-62-60)57(70-47(49)37-64-32-41-21-11-6-12-22-41)72-54-52(67-35-44-27-17-9-18-28-44)51(66-34-43-25-15-8-16-26-43)53(55-56(54)74-59(4,5)73-55)68-36-45-29-19-10-20-30-45/h6-30,38-40,46-58,63H,31-37H2,1-5H3/t38-,39-,40+,46?,47?,48?,49-,50?,51?,52?,53?,54?,55-,56-,57+,58+/m0/s1. The fraction of sp³-hybridized carbons (Fsp3) is 0.492. The smallest absolute Gasteiger partial charge is 0.184 e. The molecule has 8 unspecified atom stereocenters. The van der Waals surface area contributed by atoms with E-state index >= 15 is 0 Å².